The molecule has 0 aromatic heterocycles. The molecule has 1 saturated heterocycles. The van der Waals surface area contributed by atoms with Crippen LogP contribution in [0, 0.1) is 17.2 Å². The lowest BCUT2D eigenvalue weighted by Gasteiger charge is -2.33. The zero-order valence-electron chi connectivity index (χ0n) is 14.7. The standard InChI is InChI=1S/C17H17F6N3OS/c1-10(15(27)26-4-6-28-7-5-26)14(17(21,22)23)25-12-3-2-11(9-24)13(8-12)16(18,19)20/h2-3,8,10,14,25H,4-7H2,1H3. The maximum Gasteiger partial charge on any atom is 0.417 e. The van der Waals surface area contributed by atoms with Crippen molar-refractivity contribution < 1.29 is 31.1 Å². The van der Waals surface area contributed by atoms with Crippen LogP contribution in [0.3, 0.4) is 0 Å². The zero-order valence-corrected chi connectivity index (χ0v) is 15.5. The van der Waals surface area contributed by atoms with Crippen LogP contribution in [0.1, 0.15) is 18.1 Å². The van der Waals surface area contributed by atoms with Crippen molar-refractivity contribution in [3.05, 3.63) is 29.3 Å². The predicted molar refractivity (Wildman–Crippen MR) is 92.7 cm³/mol. The molecule has 154 valence electrons. The van der Waals surface area contributed by atoms with E-state index < -0.39 is 47.0 Å². The monoisotopic (exact) mass is 425 g/mol. The molecule has 0 spiro atoms. The molecule has 2 atom stereocenters. The van der Waals surface area contributed by atoms with E-state index in [-0.39, 0.29) is 0 Å². The number of rotatable bonds is 4. The van der Waals surface area contributed by atoms with Crippen LogP contribution in [0.2, 0.25) is 0 Å². The van der Waals surface area contributed by atoms with E-state index >= 15 is 0 Å². The molecule has 1 fully saturated rings. The van der Waals surface area contributed by atoms with E-state index in [0.717, 1.165) is 19.1 Å². The van der Waals surface area contributed by atoms with Crippen LogP contribution in [0.15, 0.2) is 18.2 Å². The fourth-order valence-corrected chi connectivity index (χ4v) is 3.75. The number of amides is 1. The zero-order chi connectivity index (χ0) is 21.1. The summed E-state index contributed by atoms with van der Waals surface area (Å²) >= 11 is 1.59. The highest BCUT2D eigenvalue weighted by atomic mass is 32.2. The molecule has 11 heteroatoms. The minimum atomic E-state index is -4.90. The van der Waals surface area contributed by atoms with Crippen molar-refractivity contribution in [3.8, 4) is 6.07 Å². The molecule has 0 saturated carbocycles. The van der Waals surface area contributed by atoms with Crippen molar-refractivity contribution in [1.29, 1.82) is 5.26 Å². The SMILES string of the molecule is CC(C(=O)N1CCSCC1)C(Nc1ccc(C#N)c(C(F)(F)F)c1)C(F)(F)F. The molecule has 1 N–H and O–H groups in total. The van der Waals surface area contributed by atoms with Crippen LogP contribution in [0.25, 0.3) is 0 Å². The third-order valence-corrected chi connectivity index (χ3v) is 5.28. The number of carbonyl (C=O) groups is 1. The van der Waals surface area contributed by atoms with Gasteiger partial charge in [-0.3, -0.25) is 4.79 Å². The molecular weight excluding hydrogens is 408 g/mol. The molecule has 28 heavy (non-hydrogen) atoms. The molecule has 1 aromatic carbocycles. The number of anilines is 1. The van der Waals surface area contributed by atoms with E-state index in [1.807, 2.05) is 5.32 Å². The second-order valence-corrected chi connectivity index (χ2v) is 7.48. The second-order valence-electron chi connectivity index (χ2n) is 6.26. The van der Waals surface area contributed by atoms with Crippen molar-refractivity contribution in [2.24, 2.45) is 5.92 Å². The first-order chi connectivity index (χ1) is 12.9. The minimum Gasteiger partial charge on any atom is -0.373 e. The third-order valence-electron chi connectivity index (χ3n) is 4.33. The maximum atomic E-state index is 13.6. The van der Waals surface area contributed by atoms with Crippen LogP contribution in [-0.4, -0.2) is 47.6 Å². The molecule has 1 aromatic rings. The summed E-state index contributed by atoms with van der Waals surface area (Å²) < 4.78 is 79.8. The lowest BCUT2D eigenvalue weighted by Crippen LogP contribution is -2.50. The highest BCUT2D eigenvalue weighted by Crippen LogP contribution is 2.35. The van der Waals surface area contributed by atoms with Gasteiger partial charge in [-0.15, -0.1) is 0 Å². The fourth-order valence-electron chi connectivity index (χ4n) is 2.85. The summed E-state index contributed by atoms with van der Waals surface area (Å²) in [6, 6.07) is 1.20. The maximum absolute atomic E-state index is 13.6. The summed E-state index contributed by atoms with van der Waals surface area (Å²) in [5.74, 6) is -1.01. The average molecular weight is 425 g/mol. The van der Waals surface area contributed by atoms with Gasteiger partial charge in [-0.25, -0.2) is 0 Å². The van der Waals surface area contributed by atoms with E-state index in [2.05, 4.69) is 0 Å². The Labute approximate surface area is 161 Å². The van der Waals surface area contributed by atoms with Gasteiger partial charge in [0.15, 0.2) is 0 Å². The number of hydrogen-bond acceptors (Lipinski definition) is 4. The van der Waals surface area contributed by atoms with E-state index in [4.69, 9.17) is 5.26 Å². The molecule has 1 aliphatic rings. The van der Waals surface area contributed by atoms with Crippen LogP contribution >= 0.6 is 11.8 Å². The van der Waals surface area contributed by atoms with Crippen molar-refractivity contribution in [1.82, 2.24) is 4.90 Å². The Morgan fingerprint density at radius 3 is 2.32 bits per heavy atom. The van der Waals surface area contributed by atoms with Gasteiger partial charge >= 0.3 is 12.4 Å². The Morgan fingerprint density at radius 2 is 1.82 bits per heavy atom. The van der Waals surface area contributed by atoms with E-state index in [9.17, 15) is 31.1 Å². The van der Waals surface area contributed by atoms with Crippen molar-refractivity contribution in [2.45, 2.75) is 25.3 Å². The first-order valence-electron chi connectivity index (χ1n) is 8.26. The summed E-state index contributed by atoms with van der Waals surface area (Å²) in [4.78, 5) is 13.8. The molecule has 0 bridgehead atoms. The number of halogens is 6. The number of nitriles is 1. The summed E-state index contributed by atoms with van der Waals surface area (Å²) in [5.41, 5.74) is -2.51. The van der Waals surface area contributed by atoms with Gasteiger partial charge in [0.2, 0.25) is 5.91 Å². The number of benzene rings is 1. The Kier molecular flexibility index (Phi) is 6.75. The van der Waals surface area contributed by atoms with Crippen molar-refractivity contribution >= 4 is 23.4 Å². The predicted octanol–water partition coefficient (Wildman–Crippen LogP) is 4.13. The smallest absolute Gasteiger partial charge is 0.373 e. The summed E-state index contributed by atoms with van der Waals surface area (Å²) in [6.45, 7) is 1.75. The first-order valence-corrected chi connectivity index (χ1v) is 9.41. The third kappa shape index (κ3) is 5.25. The van der Waals surface area contributed by atoms with Gasteiger partial charge < -0.3 is 10.2 Å². The van der Waals surface area contributed by atoms with Gasteiger partial charge in [-0.05, 0) is 18.2 Å². The van der Waals surface area contributed by atoms with Crippen LogP contribution in [0.4, 0.5) is 32.0 Å². The van der Waals surface area contributed by atoms with Gasteiger partial charge in [0, 0.05) is 30.3 Å². The molecule has 0 radical (unpaired) electrons. The van der Waals surface area contributed by atoms with Crippen molar-refractivity contribution in [3.63, 3.8) is 0 Å². The van der Waals surface area contributed by atoms with Crippen molar-refractivity contribution in [2.75, 3.05) is 29.9 Å². The second kappa shape index (κ2) is 8.51. The van der Waals surface area contributed by atoms with Gasteiger partial charge in [0.05, 0.1) is 23.1 Å². The quantitative estimate of drug-likeness (QED) is 0.737. The number of nitrogens with one attached hydrogen (secondary N) is 1. The molecule has 2 unspecified atom stereocenters. The molecule has 1 aliphatic heterocycles. The largest absolute Gasteiger partial charge is 0.417 e. The van der Waals surface area contributed by atoms with Gasteiger partial charge in [0.25, 0.3) is 0 Å². The molecule has 2 rings (SSSR count). The molecule has 1 heterocycles. The number of carbonyl (C=O) groups excluding carboxylic acids is 1. The summed E-state index contributed by atoms with van der Waals surface area (Å²) in [5, 5.41) is 10.8. The van der Waals surface area contributed by atoms with Gasteiger partial charge in [-0.2, -0.15) is 43.4 Å². The Morgan fingerprint density at radius 1 is 1.21 bits per heavy atom. The van der Waals surface area contributed by atoms with Gasteiger partial charge in [-0.1, -0.05) is 6.92 Å². The highest BCUT2D eigenvalue weighted by Gasteiger charge is 2.47. The molecule has 0 aliphatic carbocycles. The minimum absolute atomic E-state index is 0.327. The van der Waals surface area contributed by atoms with E-state index in [1.54, 1.807) is 11.8 Å². The Balaban J connectivity index is 2.30. The van der Waals surface area contributed by atoms with E-state index in [1.165, 1.54) is 11.0 Å². The average Bonchev–Trinajstić information content (AvgIpc) is 2.64. The van der Waals surface area contributed by atoms with Crippen LogP contribution in [-0.2, 0) is 11.0 Å². The Bertz CT molecular complexity index is 753. The fraction of sp³-hybridized carbons (Fsp3) is 0.529. The van der Waals surface area contributed by atoms with Crippen LogP contribution in [0.5, 0.6) is 0 Å². The highest BCUT2D eigenvalue weighted by molar-refractivity contribution is 7.99. The summed E-state index contributed by atoms with van der Waals surface area (Å²) in [7, 11) is 0. The number of hydrogen-bond donors (Lipinski definition) is 1. The number of thioether (sulfide) groups is 1. The van der Waals surface area contributed by atoms with Gasteiger partial charge in [0.1, 0.15) is 6.04 Å². The molecular formula is C17H17F6N3OS. The molecule has 1 amide bonds. The Hall–Kier alpha value is -2.09. The number of nitrogens with zero attached hydrogens (tertiary/aromatic N) is 2. The topological polar surface area (TPSA) is 56.1 Å². The van der Waals surface area contributed by atoms with E-state index in [0.29, 0.717) is 30.7 Å². The number of alkyl halides is 6. The first kappa shape index (κ1) is 22.2. The normalized spacial score (nSPS) is 17.6. The lowest BCUT2D eigenvalue weighted by atomic mass is 9.98. The van der Waals surface area contributed by atoms with Crippen LogP contribution < -0.4 is 5.32 Å². The lowest BCUT2D eigenvalue weighted by molar-refractivity contribution is -0.164. The summed E-state index contributed by atoms with van der Waals surface area (Å²) in [6.07, 6.45) is -9.77. The molecule has 4 nitrogen and oxygen atoms in total.